The fraction of sp³-hybridized carbons (Fsp3) is 0.467. The van der Waals surface area contributed by atoms with Gasteiger partial charge in [-0.1, -0.05) is 12.5 Å². The van der Waals surface area contributed by atoms with Crippen LogP contribution in [0, 0.1) is 11.6 Å². The molecule has 0 spiro atoms. The van der Waals surface area contributed by atoms with Crippen LogP contribution >= 0.6 is 0 Å². The molecule has 0 aliphatic heterocycles. The summed E-state index contributed by atoms with van der Waals surface area (Å²) >= 11 is 0. The lowest BCUT2D eigenvalue weighted by Gasteiger charge is -2.20. The van der Waals surface area contributed by atoms with Crippen LogP contribution in [0.4, 0.5) is 8.78 Å². The second-order valence-corrected chi connectivity index (χ2v) is 8.07. The topological polar surface area (TPSA) is 73.1 Å². The van der Waals surface area contributed by atoms with E-state index in [0.717, 1.165) is 31.4 Å². The predicted molar refractivity (Wildman–Crippen MR) is 78.3 cm³/mol. The standard InChI is InChI=1S/C15H16F2N2O3S/c1-9(14-11(16)6-3-7-12(14)17)23(20,21)8-13-18-19-15(22-13)10-4-2-5-10/h3,6-7,9-10H,2,4-5,8H2,1H3. The highest BCUT2D eigenvalue weighted by Gasteiger charge is 2.31. The van der Waals surface area contributed by atoms with Crippen LogP contribution in [0.5, 0.6) is 0 Å². The third-order valence-electron chi connectivity index (χ3n) is 4.21. The van der Waals surface area contributed by atoms with Crippen molar-refractivity contribution in [1.29, 1.82) is 0 Å². The zero-order valence-corrected chi connectivity index (χ0v) is 13.3. The van der Waals surface area contributed by atoms with Crippen LogP contribution in [0.15, 0.2) is 22.6 Å². The number of benzene rings is 1. The SMILES string of the molecule is CC(c1c(F)cccc1F)S(=O)(=O)Cc1nnc(C2CCC2)o1. The fourth-order valence-electron chi connectivity index (χ4n) is 2.52. The second kappa shape index (κ2) is 5.99. The van der Waals surface area contributed by atoms with E-state index in [-0.39, 0.29) is 11.8 Å². The first-order chi connectivity index (χ1) is 10.9. The Morgan fingerprint density at radius 1 is 1.26 bits per heavy atom. The third kappa shape index (κ3) is 3.12. The molecule has 1 fully saturated rings. The maximum Gasteiger partial charge on any atom is 0.231 e. The highest BCUT2D eigenvalue weighted by atomic mass is 32.2. The summed E-state index contributed by atoms with van der Waals surface area (Å²) in [6.07, 6.45) is 2.99. The van der Waals surface area contributed by atoms with E-state index < -0.39 is 38.0 Å². The van der Waals surface area contributed by atoms with Gasteiger partial charge in [0, 0.05) is 11.5 Å². The molecule has 1 aliphatic rings. The van der Waals surface area contributed by atoms with Crippen molar-refractivity contribution in [3.8, 4) is 0 Å². The molecule has 1 unspecified atom stereocenters. The molecule has 5 nitrogen and oxygen atoms in total. The first-order valence-corrected chi connectivity index (χ1v) is 9.08. The molecular formula is C15H16F2N2O3S. The molecule has 0 bridgehead atoms. The average molecular weight is 342 g/mol. The van der Waals surface area contributed by atoms with E-state index in [2.05, 4.69) is 10.2 Å². The molecule has 0 amide bonds. The van der Waals surface area contributed by atoms with Crippen molar-refractivity contribution in [1.82, 2.24) is 10.2 Å². The number of nitrogens with zero attached hydrogens (tertiary/aromatic N) is 2. The molecule has 0 saturated heterocycles. The van der Waals surface area contributed by atoms with E-state index in [4.69, 9.17) is 4.42 Å². The minimum Gasteiger partial charge on any atom is -0.424 e. The van der Waals surface area contributed by atoms with Gasteiger partial charge in [-0.05, 0) is 31.9 Å². The van der Waals surface area contributed by atoms with Crippen LogP contribution < -0.4 is 0 Å². The number of aromatic nitrogens is 2. The lowest BCUT2D eigenvalue weighted by Crippen LogP contribution is -2.16. The molecule has 23 heavy (non-hydrogen) atoms. The van der Waals surface area contributed by atoms with Crippen LogP contribution in [0.2, 0.25) is 0 Å². The third-order valence-corrected chi connectivity index (χ3v) is 6.17. The van der Waals surface area contributed by atoms with Gasteiger partial charge in [0.25, 0.3) is 0 Å². The highest BCUT2D eigenvalue weighted by Crippen LogP contribution is 2.36. The molecule has 1 aliphatic carbocycles. The Hall–Kier alpha value is -1.83. The van der Waals surface area contributed by atoms with Crippen molar-refractivity contribution in [3.63, 3.8) is 0 Å². The summed E-state index contributed by atoms with van der Waals surface area (Å²) in [7, 11) is -3.89. The number of sulfone groups is 1. The van der Waals surface area contributed by atoms with E-state index in [1.165, 1.54) is 13.0 Å². The monoisotopic (exact) mass is 342 g/mol. The Kier molecular flexibility index (Phi) is 4.18. The Labute approximate surface area is 132 Å². The highest BCUT2D eigenvalue weighted by molar-refractivity contribution is 7.90. The summed E-state index contributed by atoms with van der Waals surface area (Å²) in [4.78, 5) is 0. The van der Waals surface area contributed by atoms with Gasteiger partial charge in [0.1, 0.15) is 17.4 Å². The van der Waals surface area contributed by atoms with Crippen LogP contribution in [0.1, 0.15) is 54.7 Å². The van der Waals surface area contributed by atoms with Crippen LogP contribution in [-0.4, -0.2) is 18.6 Å². The first kappa shape index (κ1) is 16.0. The van der Waals surface area contributed by atoms with Crippen LogP contribution in [-0.2, 0) is 15.6 Å². The fourth-order valence-corrected chi connectivity index (χ4v) is 3.82. The summed E-state index contributed by atoms with van der Waals surface area (Å²) in [5, 5.41) is 6.26. The number of halogens is 2. The Bertz CT molecular complexity index is 796. The van der Waals surface area contributed by atoms with Crippen molar-refractivity contribution in [2.45, 2.75) is 43.1 Å². The molecular weight excluding hydrogens is 326 g/mol. The summed E-state index contributed by atoms with van der Waals surface area (Å²) in [6, 6.07) is 3.26. The van der Waals surface area contributed by atoms with Crippen molar-refractivity contribution in [3.05, 3.63) is 47.2 Å². The van der Waals surface area contributed by atoms with Crippen molar-refractivity contribution < 1.29 is 21.6 Å². The van der Waals surface area contributed by atoms with E-state index in [1.54, 1.807) is 0 Å². The van der Waals surface area contributed by atoms with Crippen LogP contribution in [0.25, 0.3) is 0 Å². The number of hydrogen-bond donors (Lipinski definition) is 0. The molecule has 2 aromatic rings. The Morgan fingerprint density at radius 3 is 2.48 bits per heavy atom. The molecule has 1 heterocycles. The first-order valence-electron chi connectivity index (χ1n) is 7.36. The Balaban J connectivity index is 1.82. The number of rotatable bonds is 5. The molecule has 1 saturated carbocycles. The van der Waals surface area contributed by atoms with Gasteiger partial charge in [0.15, 0.2) is 9.84 Å². The zero-order valence-electron chi connectivity index (χ0n) is 12.5. The molecule has 8 heteroatoms. The molecule has 1 aromatic carbocycles. The molecule has 3 rings (SSSR count). The second-order valence-electron chi connectivity index (χ2n) is 5.75. The van der Waals surface area contributed by atoms with Crippen molar-refractivity contribution >= 4 is 9.84 Å². The van der Waals surface area contributed by atoms with Crippen LogP contribution in [0.3, 0.4) is 0 Å². The maximum absolute atomic E-state index is 13.8. The van der Waals surface area contributed by atoms with Gasteiger partial charge in [-0.3, -0.25) is 0 Å². The van der Waals surface area contributed by atoms with Gasteiger partial charge in [-0.25, -0.2) is 17.2 Å². The normalized spacial score (nSPS) is 17.0. The van der Waals surface area contributed by atoms with Gasteiger partial charge < -0.3 is 4.42 Å². The minimum atomic E-state index is -3.89. The van der Waals surface area contributed by atoms with Gasteiger partial charge in [0.2, 0.25) is 11.8 Å². The number of hydrogen-bond acceptors (Lipinski definition) is 5. The lowest BCUT2D eigenvalue weighted by atomic mass is 9.85. The zero-order chi connectivity index (χ0) is 16.6. The molecule has 124 valence electrons. The summed E-state index contributed by atoms with van der Waals surface area (Å²) in [5.41, 5.74) is -0.466. The molecule has 0 radical (unpaired) electrons. The largest absolute Gasteiger partial charge is 0.424 e. The van der Waals surface area contributed by atoms with Gasteiger partial charge >= 0.3 is 0 Å². The van der Waals surface area contributed by atoms with Gasteiger partial charge in [0.05, 0.1) is 5.25 Å². The van der Waals surface area contributed by atoms with E-state index >= 15 is 0 Å². The smallest absolute Gasteiger partial charge is 0.231 e. The maximum atomic E-state index is 13.8. The van der Waals surface area contributed by atoms with Crippen molar-refractivity contribution in [2.75, 3.05) is 0 Å². The summed E-state index contributed by atoms with van der Waals surface area (Å²) in [5.74, 6) is -1.73. The Morgan fingerprint density at radius 2 is 1.91 bits per heavy atom. The molecule has 0 N–H and O–H groups in total. The predicted octanol–water partition coefficient (Wildman–Crippen LogP) is 3.29. The quantitative estimate of drug-likeness (QED) is 0.833. The van der Waals surface area contributed by atoms with E-state index in [9.17, 15) is 17.2 Å². The van der Waals surface area contributed by atoms with E-state index in [1.807, 2.05) is 0 Å². The lowest BCUT2D eigenvalue weighted by molar-refractivity contribution is 0.327. The summed E-state index contributed by atoms with van der Waals surface area (Å²) < 4.78 is 57.7. The molecule has 1 aromatic heterocycles. The summed E-state index contributed by atoms with van der Waals surface area (Å²) in [6.45, 7) is 1.25. The molecule has 1 atom stereocenters. The van der Waals surface area contributed by atoms with E-state index in [0.29, 0.717) is 5.89 Å². The van der Waals surface area contributed by atoms with Gasteiger partial charge in [-0.2, -0.15) is 0 Å². The minimum absolute atomic E-state index is 0.0458. The average Bonchev–Trinajstić information content (AvgIpc) is 2.83. The van der Waals surface area contributed by atoms with Crippen molar-refractivity contribution in [2.24, 2.45) is 0 Å². The van der Waals surface area contributed by atoms with Gasteiger partial charge in [-0.15, -0.1) is 10.2 Å².